The quantitative estimate of drug-likeness (QED) is 0.820. The molecule has 4 aliphatic rings. The number of fused-ring (bicyclic) bond motifs is 4. The van der Waals surface area contributed by atoms with Crippen molar-refractivity contribution >= 4 is 10.9 Å². The second kappa shape index (κ2) is 4.71. The Bertz CT molecular complexity index is 818. The van der Waals surface area contributed by atoms with Crippen LogP contribution >= 0.6 is 0 Å². The molecule has 3 heteroatoms. The molecular formula is C20H24N2O. The van der Waals surface area contributed by atoms with Gasteiger partial charge in [0.2, 0.25) is 0 Å². The van der Waals surface area contributed by atoms with E-state index in [0.29, 0.717) is 30.5 Å². The number of hydrogen-bond donors (Lipinski definition) is 1. The van der Waals surface area contributed by atoms with Crippen molar-refractivity contribution in [3.63, 3.8) is 0 Å². The molecule has 4 aliphatic heterocycles. The maximum atomic E-state index is 10.0. The van der Waals surface area contributed by atoms with E-state index in [1.54, 1.807) is 5.57 Å². The lowest BCUT2D eigenvalue weighted by atomic mass is 9.64. The van der Waals surface area contributed by atoms with Crippen molar-refractivity contribution in [2.45, 2.75) is 31.8 Å². The summed E-state index contributed by atoms with van der Waals surface area (Å²) in [6.07, 6.45) is 4.54. The van der Waals surface area contributed by atoms with Gasteiger partial charge in [-0.05, 0) is 37.3 Å². The second-order valence-corrected chi connectivity index (χ2v) is 7.45. The summed E-state index contributed by atoms with van der Waals surface area (Å²) in [7, 11) is 2.23. The van der Waals surface area contributed by atoms with Crippen LogP contribution in [0.3, 0.4) is 0 Å². The van der Waals surface area contributed by atoms with E-state index >= 15 is 0 Å². The molecule has 0 spiro atoms. The smallest absolute Gasteiger partial charge is 0.0515 e. The van der Waals surface area contributed by atoms with E-state index in [-0.39, 0.29) is 0 Å². The van der Waals surface area contributed by atoms with Crippen LogP contribution in [0.2, 0.25) is 0 Å². The second-order valence-electron chi connectivity index (χ2n) is 7.45. The minimum Gasteiger partial charge on any atom is -0.396 e. The molecule has 1 aromatic heterocycles. The van der Waals surface area contributed by atoms with E-state index in [1.165, 1.54) is 28.6 Å². The van der Waals surface area contributed by atoms with Gasteiger partial charge in [0.1, 0.15) is 0 Å². The SMILES string of the molecule is C/C=C1/CN2[C@H]3C[C@@H]1[C@H](CO)[C@@H]2Cc1c3n(C)c2ccccc12. The van der Waals surface area contributed by atoms with Crippen molar-refractivity contribution in [3.8, 4) is 0 Å². The Hall–Kier alpha value is -1.58. The number of aromatic nitrogens is 1. The van der Waals surface area contributed by atoms with Crippen molar-refractivity contribution in [2.75, 3.05) is 13.2 Å². The van der Waals surface area contributed by atoms with Crippen molar-refractivity contribution in [1.29, 1.82) is 0 Å². The first-order valence-electron chi connectivity index (χ1n) is 8.82. The number of aliphatic hydroxyl groups is 1. The fraction of sp³-hybridized carbons (Fsp3) is 0.500. The zero-order valence-electron chi connectivity index (χ0n) is 13.9. The van der Waals surface area contributed by atoms with Gasteiger partial charge in [-0.2, -0.15) is 0 Å². The highest BCUT2D eigenvalue weighted by Crippen LogP contribution is 2.54. The van der Waals surface area contributed by atoms with Crippen molar-refractivity contribution in [3.05, 3.63) is 47.2 Å². The van der Waals surface area contributed by atoms with Gasteiger partial charge in [-0.25, -0.2) is 0 Å². The Morgan fingerprint density at radius 3 is 2.91 bits per heavy atom. The number of aryl methyl sites for hydroxylation is 1. The minimum atomic E-state index is 0.315. The average molecular weight is 308 g/mol. The molecule has 3 saturated heterocycles. The molecule has 1 unspecified atom stereocenters. The molecule has 5 heterocycles. The highest BCUT2D eigenvalue weighted by Gasteiger charge is 2.52. The van der Waals surface area contributed by atoms with Gasteiger partial charge in [-0.15, -0.1) is 0 Å². The summed E-state index contributed by atoms with van der Waals surface area (Å²) in [6, 6.07) is 9.84. The minimum absolute atomic E-state index is 0.315. The van der Waals surface area contributed by atoms with E-state index in [0.717, 1.165) is 13.0 Å². The lowest BCUT2D eigenvalue weighted by Crippen LogP contribution is -2.61. The normalized spacial score (nSPS) is 36.7. The number of nitrogens with zero attached hydrogens (tertiary/aromatic N) is 2. The Labute approximate surface area is 137 Å². The van der Waals surface area contributed by atoms with Crippen LogP contribution in [0.15, 0.2) is 35.9 Å². The first kappa shape index (κ1) is 13.8. The molecule has 6 rings (SSSR count). The van der Waals surface area contributed by atoms with E-state index in [2.05, 4.69) is 53.8 Å². The number of allylic oxidation sites excluding steroid dienone is 1. The van der Waals surface area contributed by atoms with Gasteiger partial charge in [0.25, 0.3) is 0 Å². The Kier molecular flexibility index (Phi) is 2.83. The number of para-hydroxylation sites is 1. The van der Waals surface area contributed by atoms with E-state index in [9.17, 15) is 5.11 Å². The highest BCUT2D eigenvalue weighted by molar-refractivity contribution is 5.86. The van der Waals surface area contributed by atoms with Crippen LogP contribution in [0.5, 0.6) is 0 Å². The first-order chi connectivity index (χ1) is 11.2. The zero-order chi connectivity index (χ0) is 15.7. The van der Waals surface area contributed by atoms with Gasteiger partial charge in [0, 0.05) is 48.8 Å². The van der Waals surface area contributed by atoms with Crippen LogP contribution in [0.4, 0.5) is 0 Å². The van der Waals surface area contributed by atoms with E-state index in [1.807, 2.05) is 0 Å². The largest absolute Gasteiger partial charge is 0.396 e. The molecule has 3 nitrogen and oxygen atoms in total. The molecule has 120 valence electrons. The lowest BCUT2D eigenvalue weighted by Gasteiger charge is -2.58. The van der Waals surface area contributed by atoms with Gasteiger partial charge in [0.15, 0.2) is 0 Å². The van der Waals surface area contributed by atoms with Gasteiger partial charge in [-0.1, -0.05) is 29.8 Å². The summed E-state index contributed by atoms with van der Waals surface area (Å²) >= 11 is 0. The van der Waals surface area contributed by atoms with E-state index in [4.69, 9.17) is 0 Å². The van der Waals surface area contributed by atoms with Gasteiger partial charge in [0.05, 0.1) is 6.04 Å². The molecule has 4 bridgehead atoms. The summed E-state index contributed by atoms with van der Waals surface area (Å²) in [6.45, 7) is 3.56. The Morgan fingerprint density at radius 2 is 2.13 bits per heavy atom. The molecule has 3 fully saturated rings. The summed E-state index contributed by atoms with van der Waals surface area (Å²) in [4.78, 5) is 2.68. The fourth-order valence-corrected chi connectivity index (χ4v) is 5.71. The van der Waals surface area contributed by atoms with Crippen LogP contribution in [0.1, 0.15) is 30.6 Å². The maximum Gasteiger partial charge on any atom is 0.0515 e. The van der Waals surface area contributed by atoms with Crippen molar-refractivity contribution < 1.29 is 5.11 Å². The average Bonchev–Trinajstić information content (AvgIpc) is 2.87. The lowest BCUT2D eigenvalue weighted by molar-refractivity contribution is -0.0513. The molecule has 2 aromatic rings. The number of benzene rings is 1. The fourth-order valence-electron chi connectivity index (χ4n) is 5.71. The Morgan fingerprint density at radius 1 is 1.30 bits per heavy atom. The molecular weight excluding hydrogens is 284 g/mol. The van der Waals surface area contributed by atoms with Crippen molar-refractivity contribution in [1.82, 2.24) is 9.47 Å². The third-order valence-electron chi connectivity index (χ3n) is 6.73. The molecule has 1 N–H and O–H groups in total. The predicted molar refractivity (Wildman–Crippen MR) is 92.3 cm³/mol. The molecule has 23 heavy (non-hydrogen) atoms. The molecule has 0 saturated carbocycles. The van der Waals surface area contributed by atoms with Crippen LogP contribution < -0.4 is 0 Å². The molecule has 0 radical (unpaired) electrons. The number of hydrogen-bond acceptors (Lipinski definition) is 2. The summed E-state index contributed by atoms with van der Waals surface area (Å²) < 4.78 is 2.43. The summed E-state index contributed by atoms with van der Waals surface area (Å²) in [5.41, 5.74) is 5.96. The van der Waals surface area contributed by atoms with Crippen LogP contribution in [-0.4, -0.2) is 33.8 Å². The van der Waals surface area contributed by atoms with Crippen LogP contribution in [0, 0.1) is 11.8 Å². The summed E-state index contributed by atoms with van der Waals surface area (Å²) in [5, 5.41) is 11.5. The third kappa shape index (κ3) is 1.62. The standard InChI is InChI=1S/C20H24N2O/c1-3-12-10-22-18-9-15-13-6-4-5-7-17(13)21(2)20(15)19(22)8-14(12)16(18)11-23/h3-7,14,16,18-19,23H,8-11H2,1-2H3/b12-3-/t14-,16-,18-,19-/m0/s1. The van der Waals surface area contributed by atoms with Gasteiger partial charge < -0.3 is 9.67 Å². The number of aliphatic hydroxyl groups excluding tert-OH is 1. The molecule has 1 aromatic carbocycles. The molecule has 0 aliphatic carbocycles. The van der Waals surface area contributed by atoms with Crippen LogP contribution in [-0.2, 0) is 13.5 Å². The monoisotopic (exact) mass is 308 g/mol. The highest BCUT2D eigenvalue weighted by atomic mass is 16.3. The summed E-state index contributed by atoms with van der Waals surface area (Å²) in [5.74, 6) is 0.967. The topological polar surface area (TPSA) is 28.4 Å². The zero-order valence-corrected chi connectivity index (χ0v) is 13.9. The van der Waals surface area contributed by atoms with Gasteiger partial charge in [-0.3, -0.25) is 4.90 Å². The maximum absolute atomic E-state index is 10.0. The van der Waals surface area contributed by atoms with E-state index < -0.39 is 0 Å². The first-order valence-corrected chi connectivity index (χ1v) is 8.82. The number of rotatable bonds is 1. The third-order valence-corrected chi connectivity index (χ3v) is 6.73. The predicted octanol–water partition coefficient (Wildman–Crippen LogP) is 3.03. The molecule has 5 atom stereocenters. The molecule has 0 amide bonds. The Balaban J connectivity index is 1.72. The van der Waals surface area contributed by atoms with Crippen LogP contribution in [0.25, 0.3) is 10.9 Å². The van der Waals surface area contributed by atoms with Crippen molar-refractivity contribution in [2.24, 2.45) is 18.9 Å². The number of piperidine rings is 3. The van der Waals surface area contributed by atoms with Gasteiger partial charge >= 0.3 is 0 Å².